The summed E-state index contributed by atoms with van der Waals surface area (Å²) in [6.45, 7) is 5.87. The van der Waals surface area contributed by atoms with Gasteiger partial charge in [0.05, 0.1) is 19.4 Å². The summed E-state index contributed by atoms with van der Waals surface area (Å²) >= 11 is 0. The number of carbonyl (C=O) groups is 1. The molecule has 126 valence electrons. The Kier molecular flexibility index (Phi) is 5.95. The molecule has 0 atom stereocenters. The number of hydrogen-bond donors (Lipinski definition) is 1. The number of aryl methyl sites for hydroxylation is 1. The third-order valence-electron chi connectivity index (χ3n) is 3.24. The number of carbonyl (C=O) groups excluding carboxylic acids is 1. The van der Waals surface area contributed by atoms with Crippen LogP contribution in [0.4, 0.5) is 0 Å². The number of nitrogens with one attached hydrogen (secondary N) is 1. The van der Waals surface area contributed by atoms with Gasteiger partial charge in [-0.1, -0.05) is 17.7 Å². The number of methoxy groups -OCH3 is 1. The molecule has 0 unspecified atom stereocenters. The van der Waals surface area contributed by atoms with Gasteiger partial charge in [-0.15, -0.1) is 0 Å². The Hall–Kier alpha value is -2.82. The first-order chi connectivity index (χ1) is 11.5. The fourth-order valence-corrected chi connectivity index (χ4v) is 2.05. The van der Waals surface area contributed by atoms with Gasteiger partial charge in [0.15, 0.2) is 11.5 Å². The van der Waals surface area contributed by atoms with Crippen molar-refractivity contribution < 1.29 is 14.3 Å². The summed E-state index contributed by atoms with van der Waals surface area (Å²) in [7, 11) is 1.60. The van der Waals surface area contributed by atoms with Gasteiger partial charge in [0.2, 0.25) is 0 Å². The summed E-state index contributed by atoms with van der Waals surface area (Å²) in [6.07, 6.45) is 1.60. The van der Waals surface area contributed by atoms with Crippen molar-refractivity contribution in [2.45, 2.75) is 26.9 Å². The zero-order chi connectivity index (χ0) is 17.5. The van der Waals surface area contributed by atoms with Gasteiger partial charge in [0.25, 0.3) is 5.91 Å². The first kappa shape index (κ1) is 17.5. The van der Waals surface area contributed by atoms with Crippen LogP contribution in [0.5, 0.6) is 11.5 Å². The van der Waals surface area contributed by atoms with E-state index in [0.29, 0.717) is 17.1 Å². The van der Waals surface area contributed by atoms with Crippen molar-refractivity contribution in [1.82, 2.24) is 5.43 Å². The highest BCUT2D eigenvalue weighted by atomic mass is 16.5. The minimum absolute atomic E-state index is 0.0346. The average molecular weight is 326 g/mol. The maximum absolute atomic E-state index is 12.0. The average Bonchev–Trinajstić information content (AvgIpc) is 2.55. The van der Waals surface area contributed by atoms with E-state index in [-0.39, 0.29) is 12.0 Å². The number of hydrogen-bond acceptors (Lipinski definition) is 4. The lowest BCUT2D eigenvalue weighted by atomic mass is 10.1. The molecule has 0 saturated heterocycles. The highest BCUT2D eigenvalue weighted by molar-refractivity contribution is 5.94. The summed E-state index contributed by atoms with van der Waals surface area (Å²) in [4.78, 5) is 12.0. The fourth-order valence-electron chi connectivity index (χ4n) is 2.05. The van der Waals surface area contributed by atoms with E-state index in [0.717, 1.165) is 11.1 Å². The summed E-state index contributed by atoms with van der Waals surface area (Å²) in [5.41, 5.74) is 4.98. The smallest absolute Gasteiger partial charge is 0.271 e. The minimum Gasteiger partial charge on any atom is -0.493 e. The molecule has 1 amide bonds. The summed E-state index contributed by atoms with van der Waals surface area (Å²) in [5, 5.41) is 4.00. The van der Waals surface area contributed by atoms with Crippen molar-refractivity contribution in [3.8, 4) is 11.5 Å². The third-order valence-corrected chi connectivity index (χ3v) is 3.24. The molecular formula is C19H22N2O3. The lowest BCUT2D eigenvalue weighted by molar-refractivity contribution is 0.0955. The monoisotopic (exact) mass is 326 g/mol. The molecule has 0 heterocycles. The summed E-state index contributed by atoms with van der Waals surface area (Å²) < 4.78 is 11.0. The third kappa shape index (κ3) is 4.84. The maximum atomic E-state index is 12.0. The van der Waals surface area contributed by atoms with E-state index < -0.39 is 0 Å². The molecule has 1 N–H and O–H groups in total. The first-order valence-corrected chi connectivity index (χ1v) is 7.74. The van der Waals surface area contributed by atoms with Crippen molar-refractivity contribution in [2.24, 2.45) is 5.10 Å². The Morgan fingerprint density at radius 3 is 2.46 bits per heavy atom. The lowest BCUT2D eigenvalue weighted by Crippen LogP contribution is -2.17. The predicted molar refractivity (Wildman–Crippen MR) is 95.0 cm³/mol. The molecule has 0 spiro atoms. The first-order valence-electron chi connectivity index (χ1n) is 7.74. The quantitative estimate of drug-likeness (QED) is 0.652. The van der Waals surface area contributed by atoms with Gasteiger partial charge in [-0.05, 0) is 56.7 Å². The van der Waals surface area contributed by atoms with E-state index in [2.05, 4.69) is 10.5 Å². The fraction of sp³-hybridized carbons (Fsp3) is 0.263. The molecule has 2 aromatic rings. The van der Waals surface area contributed by atoms with Gasteiger partial charge in [0.1, 0.15) is 0 Å². The number of nitrogens with zero attached hydrogens (tertiary/aromatic N) is 1. The van der Waals surface area contributed by atoms with Crippen LogP contribution in [0.15, 0.2) is 47.6 Å². The molecule has 5 heteroatoms. The van der Waals surface area contributed by atoms with Gasteiger partial charge in [-0.3, -0.25) is 4.79 Å². The molecule has 5 nitrogen and oxygen atoms in total. The predicted octanol–water partition coefficient (Wildman–Crippen LogP) is 3.55. The topological polar surface area (TPSA) is 59.9 Å². The van der Waals surface area contributed by atoms with E-state index in [1.54, 1.807) is 31.5 Å². The van der Waals surface area contributed by atoms with E-state index >= 15 is 0 Å². The van der Waals surface area contributed by atoms with Crippen LogP contribution in [0.25, 0.3) is 0 Å². The zero-order valence-corrected chi connectivity index (χ0v) is 14.4. The zero-order valence-electron chi connectivity index (χ0n) is 14.4. The molecule has 2 rings (SSSR count). The summed E-state index contributed by atoms with van der Waals surface area (Å²) in [5.74, 6) is 1.05. The van der Waals surface area contributed by atoms with Crippen LogP contribution < -0.4 is 14.9 Å². The molecule has 0 aliphatic rings. The van der Waals surface area contributed by atoms with Crippen LogP contribution in [0.2, 0.25) is 0 Å². The van der Waals surface area contributed by atoms with Gasteiger partial charge in [-0.25, -0.2) is 5.43 Å². The SMILES string of the molecule is COc1ccc(/C=N\NC(=O)c2ccc(C)cc2)cc1OC(C)C. The highest BCUT2D eigenvalue weighted by Crippen LogP contribution is 2.28. The molecule has 0 bridgehead atoms. The normalized spacial score (nSPS) is 10.9. The van der Waals surface area contributed by atoms with Gasteiger partial charge in [-0.2, -0.15) is 5.10 Å². The van der Waals surface area contributed by atoms with Crippen molar-refractivity contribution in [3.63, 3.8) is 0 Å². The number of benzene rings is 2. The van der Waals surface area contributed by atoms with Crippen LogP contribution in [0, 0.1) is 6.92 Å². The second-order valence-corrected chi connectivity index (χ2v) is 5.64. The molecular weight excluding hydrogens is 304 g/mol. The molecule has 0 aliphatic heterocycles. The van der Waals surface area contributed by atoms with E-state index in [1.807, 2.05) is 45.0 Å². The largest absolute Gasteiger partial charge is 0.493 e. The van der Waals surface area contributed by atoms with Crippen LogP contribution >= 0.6 is 0 Å². The lowest BCUT2D eigenvalue weighted by Gasteiger charge is -2.13. The van der Waals surface area contributed by atoms with Crippen LogP contribution in [0.3, 0.4) is 0 Å². The number of amides is 1. The molecule has 24 heavy (non-hydrogen) atoms. The molecule has 0 aromatic heterocycles. The van der Waals surface area contributed by atoms with Crippen LogP contribution in [-0.2, 0) is 0 Å². The molecule has 0 saturated carbocycles. The van der Waals surface area contributed by atoms with Crippen LogP contribution in [-0.4, -0.2) is 25.3 Å². The number of rotatable bonds is 6. The van der Waals surface area contributed by atoms with E-state index in [1.165, 1.54) is 0 Å². The van der Waals surface area contributed by atoms with Crippen molar-refractivity contribution >= 4 is 12.1 Å². The van der Waals surface area contributed by atoms with Gasteiger partial charge < -0.3 is 9.47 Å². The van der Waals surface area contributed by atoms with Crippen molar-refractivity contribution in [1.29, 1.82) is 0 Å². The Labute approximate surface area is 142 Å². The molecule has 0 radical (unpaired) electrons. The van der Waals surface area contributed by atoms with E-state index in [9.17, 15) is 4.79 Å². The standard InChI is InChI=1S/C19H22N2O3/c1-13(2)24-18-11-15(7-10-17(18)23-4)12-20-21-19(22)16-8-5-14(3)6-9-16/h5-13H,1-4H3,(H,21,22)/b20-12-. The number of hydrazone groups is 1. The van der Waals surface area contributed by atoms with Crippen molar-refractivity contribution in [3.05, 3.63) is 59.2 Å². The van der Waals surface area contributed by atoms with Gasteiger partial charge >= 0.3 is 0 Å². The van der Waals surface area contributed by atoms with E-state index in [4.69, 9.17) is 9.47 Å². The maximum Gasteiger partial charge on any atom is 0.271 e. The number of ether oxygens (including phenoxy) is 2. The second-order valence-electron chi connectivity index (χ2n) is 5.64. The minimum atomic E-state index is -0.251. The van der Waals surface area contributed by atoms with Gasteiger partial charge in [0, 0.05) is 5.56 Å². The second kappa shape index (κ2) is 8.15. The van der Waals surface area contributed by atoms with Crippen molar-refractivity contribution in [2.75, 3.05) is 7.11 Å². The van der Waals surface area contributed by atoms with Crippen LogP contribution in [0.1, 0.15) is 35.3 Å². The Morgan fingerprint density at radius 1 is 1.12 bits per heavy atom. The molecule has 0 aliphatic carbocycles. The Bertz CT molecular complexity index is 722. The Balaban J connectivity index is 2.05. The summed E-state index contributed by atoms with van der Waals surface area (Å²) in [6, 6.07) is 12.8. The molecule has 2 aromatic carbocycles. The molecule has 0 fully saturated rings. The highest BCUT2D eigenvalue weighted by Gasteiger charge is 2.07. The Morgan fingerprint density at radius 2 is 1.83 bits per heavy atom.